The molecule has 182 valence electrons. The number of hydrogen-bond donors (Lipinski definition) is 2. The third-order valence-electron chi connectivity index (χ3n) is 5.74. The summed E-state index contributed by atoms with van der Waals surface area (Å²) in [5.74, 6) is 1.40. The maximum atomic E-state index is 12.6. The minimum absolute atomic E-state index is 0.0251. The van der Waals surface area contributed by atoms with Crippen LogP contribution in [0, 0.1) is 6.92 Å². The molecule has 33 heavy (non-hydrogen) atoms. The van der Waals surface area contributed by atoms with Crippen LogP contribution in [-0.4, -0.2) is 58.6 Å². The van der Waals surface area contributed by atoms with E-state index in [1.165, 1.54) is 0 Å². The molecule has 3 rings (SSSR count). The van der Waals surface area contributed by atoms with Crippen LogP contribution in [0.25, 0.3) is 0 Å². The first-order valence-electron chi connectivity index (χ1n) is 11.3. The largest absolute Gasteiger partial charge is 0.465 e. The number of amides is 1. The number of aryl methyl sites for hydroxylation is 1. The van der Waals surface area contributed by atoms with E-state index in [4.69, 9.17) is 9.15 Å². The molecular formula is C24H35N3O5S. The van der Waals surface area contributed by atoms with Crippen LogP contribution in [-0.2, 0) is 25.0 Å². The number of benzene rings is 1. The fraction of sp³-hybridized carbons (Fsp3) is 0.542. The molecule has 1 aliphatic heterocycles. The summed E-state index contributed by atoms with van der Waals surface area (Å²) in [5.41, 5.74) is 1.00. The van der Waals surface area contributed by atoms with Crippen LogP contribution in [0.15, 0.2) is 45.7 Å². The predicted octanol–water partition coefficient (Wildman–Crippen LogP) is 2.74. The van der Waals surface area contributed by atoms with Crippen LogP contribution < -0.4 is 10.0 Å². The quantitative estimate of drug-likeness (QED) is 0.576. The molecule has 0 radical (unpaired) electrons. The minimum atomic E-state index is -3.67. The van der Waals surface area contributed by atoms with Crippen molar-refractivity contribution in [1.29, 1.82) is 0 Å². The molecule has 1 atom stereocenters. The normalized spacial score (nSPS) is 16.5. The molecule has 1 aliphatic rings. The Kier molecular flexibility index (Phi) is 8.33. The van der Waals surface area contributed by atoms with E-state index in [9.17, 15) is 13.2 Å². The average Bonchev–Trinajstić information content (AvgIpc) is 3.20. The number of carbonyl (C=O) groups excluding carboxylic acids is 1. The van der Waals surface area contributed by atoms with Crippen molar-refractivity contribution in [3.63, 3.8) is 0 Å². The second-order valence-electron chi connectivity index (χ2n) is 9.34. The van der Waals surface area contributed by atoms with Gasteiger partial charge in [0, 0.05) is 32.6 Å². The van der Waals surface area contributed by atoms with Gasteiger partial charge in [-0.05, 0) is 42.2 Å². The Hall–Kier alpha value is -2.20. The van der Waals surface area contributed by atoms with Crippen LogP contribution in [0.5, 0.6) is 0 Å². The van der Waals surface area contributed by atoms with Crippen molar-refractivity contribution in [2.75, 3.05) is 39.4 Å². The van der Waals surface area contributed by atoms with Crippen molar-refractivity contribution < 1.29 is 22.4 Å². The highest BCUT2D eigenvalue weighted by Gasteiger charge is 2.26. The van der Waals surface area contributed by atoms with E-state index in [1.54, 1.807) is 12.1 Å². The van der Waals surface area contributed by atoms with Gasteiger partial charge in [0.15, 0.2) is 0 Å². The topological polar surface area (TPSA) is 101 Å². The van der Waals surface area contributed by atoms with Gasteiger partial charge in [0.05, 0.1) is 24.2 Å². The molecule has 2 heterocycles. The summed E-state index contributed by atoms with van der Waals surface area (Å²) in [6.45, 7) is 11.3. The van der Waals surface area contributed by atoms with Crippen molar-refractivity contribution in [3.8, 4) is 0 Å². The number of hydrogen-bond acceptors (Lipinski definition) is 6. The molecule has 1 amide bonds. The first-order chi connectivity index (χ1) is 15.6. The van der Waals surface area contributed by atoms with Crippen molar-refractivity contribution >= 4 is 15.9 Å². The van der Waals surface area contributed by atoms with Gasteiger partial charge in [-0.2, -0.15) is 0 Å². The molecule has 0 bridgehead atoms. The van der Waals surface area contributed by atoms with Gasteiger partial charge in [0.1, 0.15) is 11.5 Å². The summed E-state index contributed by atoms with van der Waals surface area (Å²) in [5, 5.41) is 2.92. The molecule has 2 N–H and O–H groups in total. The van der Waals surface area contributed by atoms with E-state index in [-0.39, 0.29) is 35.2 Å². The summed E-state index contributed by atoms with van der Waals surface area (Å²) in [4.78, 5) is 14.8. The first-order valence-corrected chi connectivity index (χ1v) is 12.8. The number of furan rings is 1. The summed E-state index contributed by atoms with van der Waals surface area (Å²) in [6.07, 6.45) is 0.0479. The Morgan fingerprint density at radius 3 is 2.33 bits per heavy atom. The van der Waals surface area contributed by atoms with E-state index in [1.807, 2.05) is 31.2 Å². The van der Waals surface area contributed by atoms with Gasteiger partial charge in [0.2, 0.25) is 15.9 Å². The molecule has 0 saturated carbocycles. The first kappa shape index (κ1) is 25.4. The lowest BCUT2D eigenvalue weighted by molar-refractivity contribution is -0.121. The predicted molar refractivity (Wildman–Crippen MR) is 127 cm³/mol. The molecule has 0 aliphatic carbocycles. The lowest BCUT2D eigenvalue weighted by atomic mass is 9.87. The van der Waals surface area contributed by atoms with Crippen LogP contribution in [0.2, 0.25) is 0 Å². The second kappa shape index (κ2) is 10.8. The van der Waals surface area contributed by atoms with Crippen molar-refractivity contribution in [2.45, 2.75) is 50.5 Å². The van der Waals surface area contributed by atoms with Crippen LogP contribution in [0.1, 0.15) is 50.3 Å². The summed E-state index contributed by atoms with van der Waals surface area (Å²) >= 11 is 0. The minimum Gasteiger partial charge on any atom is -0.465 e. The number of sulfonamides is 1. The van der Waals surface area contributed by atoms with Crippen LogP contribution in [0.4, 0.5) is 0 Å². The summed E-state index contributed by atoms with van der Waals surface area (Å²) < 4.78 is 38.9. The molecule has 1 aromatic carbocycles. The fourth-order valence-corrected chi connectivity index (χ4v) is 4.78. The Morgan fingerprint density at radius 1 is 1.09 bits per heavy atom. The number of ether oxygens (including phenoxy) is 1. The van der Waals surface area contributed by atoms with Gasteiger partial charge in [-0.3, -0.25) is 9.69 Å². The SMILES string of the molecule is Cc1ccc(C(CNC(=O)CCNS(=O)(=O)c2ccc(C(C)(C)C)cc2)N2CCOCC2)o1. The maximum absolute atomic E-state index is 12.6. The van der Waals surface area contributed by atoms with Crippen molar-refractivity contribution in [3.05, 3.63) is 53.5 Å². The third-order valence-corrected chi connectivity index (χ3v) is 7.22. The zero-order chi connectivity index (χ0) is 24.1. The van der Waals surface area contributed by atoms with Gasteiger partial charge in [-0.15, -0.1) is 0 Å². The molecule has 0 spiro atoms. The molecule has 1 fully saturated rings. The maximum Gasteiger partial charge on any atom is 0.240 e. The highest BCUT2D eigenvalue weighted by atomic mass is 32.2. The van der Waals surface area contributed by atoms with Gasteiger partial charge in [0.25, 0.3) is 0 Å². The number of rotatable bonds is 9. The average molecular weight is 478 g/mol. The zero-order valence-electron chi connectivity index (χ0n) is 19.9. The monoisotopic (exact) mass is 477 g/mol. The highest BCUT2D eigenvalue weighted by Crippen LogP contribution is 2.24. The summed E-state index contributed by atoms with van der Waals surface area (Å²) in [6, 6.07) is 10.6. The standard InChI is InChI=1S/C24H35N3O5S/c1-18-5-10-22(32-18)21(27-13-15-31-16-14-27)17-25-23(28)11-12-26-33(29,30)20-8-6-19(7-9-20)24(2,3)4/h5-10,21,26H,11-17H2,1-4H3,(H,25,28). The number of nitrogens with zero attached hydrogens (tertiary/aromatic N) is 1. The number of nitrogens with one attached hydrogen (secondary N) is 2. The molecule has 2 aromatic rings. The lowest BCUT2D eigenvalue weighted by Crippen LogP contribution is -2.44. The fourth-order valence-electron chi connectivity index (χ4n) is 3.75. The zero-order valence-corrected chi connectivity index (χ0v) is 20.7. The molecule has 8 nitrogen and oxygen atoms in total. The Labute approximate surface area is 196 Å². The Morgan fingerprint density at radius 2 is 1.76 bits per heavy atom. The van der Waals surface area contributed by atoms with Gasteiger partial charge in [-0.25, -0.2) is 13.1 Å². The smallest absolute Gasteiger partial charge is 0.240 e. The molecule has 1 aromatic heterocycles. The lowest BCUT2D eigenvalue weighted by Gasteiger charge is -2.33. The van der Waals surface area contributed by atoms with Gasteiger partial charge in [-0.1, -0.05) is 32.9 Å². The molecule has 1 unspecified atom stereocenters. The molecule has 1 saturated heterocycles. The number of carbonyl (C=O) groups is 1. The highest BCUT2D eigenvalue weighted by molar-refractivity contribution is 7.89. The number of morpholine rings is 1. The molecule has 9 heteroatoms. The van der Waals surface area contributed by atoms with E-state index < -0.39 is 10.0 Å². The van der Waals surface area contributed by atoms with Crippen LogP contribution in [0.3, 0.4) is 0 Å². The second-order valence-corrected chi connectivity index (χ2v) is 11.1. The van der Waals surface area contributed by atoms with Gasteiger partial charge < -0.3 is 14.5 Å². The Balaban J connectivity index is 1.51. The molecular weight excluding hydrogens is 442 g/mol. The van der Waals surface area contributed by atoms with Crippen molar-refractivity contribution in [2.24, 2.45) is 0 Å². The van der Waals surface area contributed by atoms with E-state index >= 15 is 0 Å². The van der Waals surface area contributed by atoms with E-state index in [2.05, 4.69) is 35.7 Å². The Bertz CT molecular complexity index is 1020. The van der Waals surface area contributed by atoms with Gasteiger partial charge >= 0.3 is 0 Å². The van der Waals surface area contributed by atoms with E-state index in [0.717, 1.165) is 30.2 Å². The van der Waals surface area contributed by atoms with Crippen molar-refractivity contribution in [1.82, 2.24) is 14.9 Å². The van der Waals surface area contributed by atoms with Crippen LogP contribution >= 0.6 is 0 Å². The van der Waals surface area contributed by atoms with E-state index in [0.29, 0.717) is 19.8 Å². The third kappa shape index (κ3) is 7.14. The summed E-state index contributed by atoms with van der Waals surface area (Å²) in [7, 11) is -3.67.